The second-order valence-electron chi connectivity index (χ2n) is 6.93. The molecule has 0 saturated heterocycles. The van der Waals surface area contributed by atoms with Gasteiger partial charge in [0, 0.05) is 25.2 Å². The van der Waals surface area contributed by atoms with Crippen molar-refractivity contribution in [2.24, 2.45) is 0 Å². The largest absolute Gasteiger partial charge is 0.451 e. The number of halogens is 3. The Hall–Kier alpha value is -2.70. The van der Waals surface area contributed by atoms with Crippen LogP contribution in [0.4, 0.5) is 18.9 Å². The predicted octanol–water partition coefficient (Wildman–Crippen LogP) is 4.02. The molecule has 0 aliphatic carbocycles. The van der Waals surface area contributed by atoms with Gasteiger partial charge in [-0.2, -0.15) is 13.2 Å². The molecule has 1 atom stereocenters. The summed E-state index contributed by atoms with van der Waals surface area (Å²) >= 11 is 0.856. The standard InChI is InChI=1S/C20H19F3N4O3S2/c1-12(17(28)24-13-7-6-8-14(11-13)32(29,30)27(2)3)31-18-15-9-4-5-10-16(15)25-19(26-18)20(21,22)23/h4-12H,1-3H3,(H,24,28)/t12-/m1/s1. The number of sulfonamides is 1. The molecule has 12 heteroatoms. The highest BCUT2D eigenvalue weighted by Gasteiger charge is 2.36. The fraction of sp³-hybridized carbons (Fsp3) is 0.250. The van der Waals surface area contributed by atoms with Crippen LogP contribution >= 0.6 is 11.8 Å². The van der Waals surface area contributed by atoms with Crippen molar-refractivity contribution < 1.29 is 26.4 Å². The van der Waals surface area contributed by atoms with E-state index in [1.165, 1.54) is 51.4 Å². The molecule has 1 aromatic heterocycles. The zero-order valence-electron chi connectivity index (χ0n) is 17.2. The molecule has 1 heterocycles. The summed E-state index contributed by atoms with van der Waals surface area (Å²) in [6.45, 7) is 1.52. The van der Waals surface area contributed by atoms with Crippen molar-refractivity contribution in [2.75, 3.05) is 19.4 Å². The van der Waals surface area contributed by atoms with E-state index < -0.39 is 33.2 Å². The number of nitrogens with zero attached hydrogens (tertiary/aromatic N) is 3. The van der Waals surface area contributed by atoms with Crippen LogP contribution in [0.2, 0.25) is 0 Å². The summed E-state index contributed by atoms with van der Waals surface area (Å²) in [6, 6.07) is 11.9. The highest BCUT2D eigenvalue weighted by atomic mass is 32.2. The van der Waals surface area contributed by atoms with E-state index in [9.17, 15) is 26.4 Å². The van der Waals surface area contributed by atoms with Crippen LogP contribution < -0.4 is 5.32 Å². The first kappa shape index (κ1) is 24.0. The normalized spacial score (nSPS) is 13.3. The lowest BCUT2D eigenvalue weighted by atomic mass is 10.2. The average molecular weight is 485 g/mol. The Bertz CT molecular complexity index is 1260. The van der Waals surface area contributed by atoms with Gasteiger partial charge in [0.05, 0.1) is 15.7 Å². The van der Waals surface area contributed by atoms with Gasteiger partial charge in [-0.05, 0) is 31.2 Å². The zero-order chi connectivity index (χ0) is 23.7. The molecule has 0 aliphatic heterocycles. The molecule has 0 unspecified atom stereocenters. The molecule has 1 N–H and O–H groups in total. The predicted molar refractivity (Wildman–Crippen MR) is 116 cm³/mol. The van der Waals surface area contributed by atoms with Crippen LogP contribution in [0, 0.1) is 0 Å². The Kier molecular flexibility index (Phi) is 6.77. The number of hydrogen-bond acceptors (Lipinski definition) is 6. The lowest BCUT2D eigenvalue weighted by Crippen LogP contribution is -2.24. The summed E-state index contributed by atoms with van der Waals surface area (Å²) in [4.78, 5) is 19.9. The quantitative estimate of drug-likeness (QED) is 0.420. The summed E-state index contributed by atoms with van der Waals surface area (Å²) in [7, 11) is -0.915. The number of fused-ring (bicyclic) bond motifs is 1. The Morgan fingerprint density at radius 3 is 2.44 bits per heavy atom. The van der Waals surface area contributed by atoms with Gasteiger partial charge in [0.1, 0.15) is 5.03 Å². The number of hydrogen-bond donors (Lipinski definition) is 1. The fourth-order valence-electron chi connectivity index (χ4n) is 2.67. The molecule has 0 aliphatic rings. The third kappa shape index (κ3) is 5.19. The Morgan fingerprint density at radius 1 is 1.09 bits per heavy atom. The number of benzene rings is 2. The van der Waals surface area contributed by atoms with Gasteiger partial charge in [-0.3, -0.25) is 4.79 Å². The number of nitrogens with one attached hydrogen (secondary N) is 1. The van der Waals surface area contributed by atoms with Crippen molar-refractivity contribution in [3.63, 3.8) is 0 Å². The van der Waals surface area contributed by atoms with Crippen molar-refractivity contribution in [1.82, 2.24) is 14.3 Å². The minimum atomic E-state index is -4.73. The van der Waals surface area contributed by atoms with Gasteiger partial charge < -0.3 is 5.32 Å². The molecule has 3 rings (SSSR count). The number of aromatic nitrogens is 2. The second kappa shape index (κ2) is 9.04. The van der Waals surface area contributed by atoms with Crippen LogP contribution in [-0.4, -0.2) is 47.9 Å². The van der Waals surface area contributed by atoms with Crippen molar-refractivity contribution in [3.8, 4) is 0 Å². The molecular formula is C20H19F3N4O3S2. The van der Waals surface area contributed by atoms with E-state index in [1.54, 1.807) is 18.2 Å². The maximum absolute atomic E-state index is 13.2. The first-order valence-corrected chi connectivity index (χ1v) is 11.6. The zero-order valence-corrected chi connectivity index (χ0v) is 18.8. The molecule has 2 aromatic carbocycles. The molecule has 3 aromatic rings. The Labute approximate surface area is 187 Å². The van der Waals surface area contributed by atoms with Crippen LogP contribution in [0.25, 0.3) is 10.9 Å². The number of thioether (sulfide) groups is 1. The van der Waals surface area contributed by atoms with E-state index in [1.807, 2.05) is 0 Å². The summed E-state index contributed by atoms with van der Waals surface area (Å²) in [5.74, 6) is -1.81. The van der Waals surface area contributed by atoms with Crippen LogP contribution in [0.5, 0.6) is 0 Å². The van der Waals surface area contributed by atoms with E-state index in [0.717, 1.165) is 16.1 Å². The minimum Gasteiger partial charge on any atom is -0.325 e. The van der Waals surface area contributed by atoms with Crippen LogP contribution in [-0.2, 0) is 21.0 Å². The number of anilines is 1. The molecule has 0 radical (unpaired) electrons. The first-order valence-electron chi connectivity index (χ1n) is 9.23. The smallest absolute Gasteiger partial charge is 0.325 e. The van der Waals surface area contributed by atoms with Gasteiger partial charge >= 0.3 is 6.18 Å². The third-order valence-electron chi connectivity index (χ3n) is 4.36. The molecule has 0 spiro atoms. The van der Waals surface area contributed by atoms with E-state index in [-0.39, 0.29) is 21.1 Å². The minimum absolute atomic E-state index is 0.00257. The van der Waals surface area contributed by atoms with Crippen molar-refractivity contribution >= 4 is 44.3 Å². The number of rotatable bonds is 6. The second-order valence-corrected chi connectivity index (χ2v) is 10.4. The van der Waals surface area contributed by atoms with Gasteiger partial charge in [-0.25, -0.2) is 22.7 Å². The monoisotopic (exact) mass is 484 g/mol. The lowest BCUT2D eigenvalue weighted by Gasteiger charge is -2.15. The Morgan fingerprint density at radius 2 is 1.78 bits per heavy atom. The van der Waals surface area contributed by atoms with E-state index in [0.29, 0.717) is 5.39 Å². The number of carbonyl (C=O) groups excluding carboxylic acids is 1. The maximum atomic E-state index is 13.2. The number of alkyl halides is 3. The van der Waals surface area contributed by atoms with Crippen LogP contribution in [0.3, 0.4) is 0 Å². The molecule has 32 heavy (non-hydrogen) atoms. The van der Waals surface area contributed by atoms with E-state index in [2.05, 4.69) is 15.3 Å². The first-order chi connectivity index (χ1) is 14.9. The third-order valence-corrected chi connectivity index (χ3v) is 7.27. The van der Waals surface area contributed by atoms with E-state index >= 15 is 0 Å². The average Bonchev–Trinajstić information content (AvgIpc) is 2.73. The molecule has 170 valence electrons. The summed E-state index contributed by atoms with van der Waals surface area (Å²) < 4.78 is 65.2. The van der Waals surface area contributed by atoms with Crippen molar-refractivity contribution in [3.05, 3.63) is 54.4 Å². The summed E-state index contributed by atoms with van der Waals surface area (Å²) in [5.41, 5.74) is 0.362. The summed E-state index contributed by atoms with van der Waals surface area (Å²) in [6.07, 6.45) is -4.73. The molecule has 1 amide bonds. The number of carbonyl (C=O) groups is 1. The Balaban J connectivity index is 1.85. The van der Waals surface area contributed by atoms with Gasteiger partial charge in [-0.1, -0.05) is 36.0 Å². The van der Waals surface area contributed by atoms with Crippen LogP contribution in [0.1, 0.15) is 12.7 Å². The molecule has 7 nitrogen and oxygen atoms in total. The maximum Gasteiger partial charge on any atom is 0.451 e. The molecule has 0 fully saturated rings. The van der Waals surface area contributed by atoms with Gasteiger partial charge in [0.2, 0.25) is 21.8 Å². The highest BCUT2D eigenvalue weighted by Crippen LogP contribution is 2.34. The highest BCUT2D eigenvalue weighted by molar-refractivity contribution is 8.00. The SMILES string of the molecule is C[C@@H](Sc1nc(C(F)(F)F)nc2ccccc12)C(=O)Nc1cccc(S(=O)(=O)N(C)C)c1. The van der Waals surface area contributed by atoms with E-state index in [4.69, 9.17) is 0 Å². The fourth-order valence-corrected chi connectivity index (χ4v) is 4.56. The van der Waals surface area contributed by atoms with Crippen molar-refractivity contribution in [2.45, 2.75) is 28.3 Å². The van der Waals surface area contributed by atoms with Crippen molar-refractivity contribution in [1.29, 1.82) is 0 Å². The van der Waals surface area contributed by atoms with Gasteiger partial charge in [0.25, 0.3) is 0 Å². The topological polar surface area (TPSA) is 92.3 Å². The van der Waals surface area contributed by atoms with Gasteiger partial charge in [0.15, 0.2) is 0 Å². The summed E-state index contributed by atoms with van der Waals surface area (Å²) in [5, 5.41) is 2.18. The lowest BCUT2D eigenvalue weighted by molar-refractivity contribution is -0.145. The van der Waals surface area contributed by atoms with Gasteiger partial charge in [-0.15, -0.1) is 0 Å². The number of amides is 1. The molecular weight excluding hydrogens is 465 g/mol. The van der Waals surface area contributed by atoms with Crippen LogP contribution in [0.15, 0.2) is 58.5 Å². The number of para-hydroxylation sites is 1. The molecule has 0 saturated carbocycles. The molecule has 0 bridgehead atoms.